The van der Waals surface area contributed by atoms with Gasteiger partial charge in [-0.05, 0) is 24.3 Å². The number of hydrogen-bond acceptors (Lipinski definition) is 3. The number of rotatable bonds is 3. The van der Waals surface area contributed by atoms with Gasteiger partial charge in [-0.3, -0.25) is 4.79 Å². The molecule has 4 heteroatoms. The monoisotopic (exact) mass is 226 g/mol. The van der Waals surface area contributed by atoms with Crippen LogP contribution in [0, 0.1) is 0 Å². The number of nitrogens with zero attached hydrogens (tertiary/aromatic N) is 2. The molecule has 17 heavy (non-hydrogen) atoms. The molecule has 0 aromatic carbocycles. The van der Waals surface area contributed by atoms with Gasteiger partial charge in [0.15, 0.2) is 0 Å². The topological polar surface area (TPSA) is 47.5 Å². The number of carbonyl (C=O) groups is 1. The first-order valence-electron chi connectivity index (χ1n) is 5.30. The van der Waals surface area contributed by atoms with E-state index >= 15 is 0 Å². The Morgan fingerprint density at radius 2 is 2.35 bits per heavy atom. The van der Waals surface area contributed by atoms with E-state index in [2.05, 4.69) is 4.98 Å². The Bertz CT molecular complexity index is 653. The lowest BCUT2D eigenvalue weighted by Gasteiger charge is -1.91. The summed E-state index contributed by atoms with van der Waals surface area (Å²) in [6.45, 7) is 0. The lowest BCUT2D eigenvalue weighted by molar-refractivity contribution is 0.112. The summed E-state index contributed by atoms with van der Waals surface area (Å²) >= 11 is 0. The van der Waals surface area contributed by atoms with E-state index in [4.69, 9.17) is 4.42 Å². The summed E-state index contributed by atoms with van der Waals surface area (Å²) < 4.78 is 7.17. The zero-order chi connectivity index (χ0) is 11.7. The van der Waals surface area contributed by atoms with Crippen molar-refractivity contribution < 1.29 is 9.21 Å². The third kappa shape index (κ3) is 1.85. The fourth-order valence-electron chi connectivity index (χ4n) is 1.80. The van der Waals surface area contributed by atoms with Crippen molar-refractivity contribution in [2.75, 3.05) is 0 Å². The number of fused-ring (bicyclic) bond motifs is 1. The quantitative estimate of drug-likeness (QED) is 0.644. The Kier molecular flexibility index (Phi) is 2.26. The fourth-order valence-corrected chi connectivity index (χ4v) is 1.80. The van der Waals surface area contributed by atoms with Crippen molar-refractivity contribution in [3.8, 4) is 0 Å². The molecule has 0 aliphatic carbocycles. The first kappa shape index (κ1) is 9.84. The third-order valence-electron chi connectivity index (χ3n) is 2.61. The van der Waals surface area contributed by atoms with Crippen LogP contribution in [0.15, 0.2) is 47.3 Å². The first-order valence-corrected chi connectivity index (χ1v) is 5.30. The number of carbonyl (C=O) groups excluding carboxylic acids is 1. The van der Waals surface area contributed by atoms with Crippen LogP contribution in [0.3, 0.4) is 0 Å². The van der Waals surface area contributed by atoms with E-state index in [0.29, 0.717) is 12.0 Å². The molecule has 0 fully saturated rings. The van der Waals surface area contributed by atoms with Gasteiger partial charge >= 0.3 is 0 Å². The van der Waals surface area contributed by atoms with E-state index in [1.807, 2.05) is 28.9 Å². The molecule has 3 aromatic heterocycles. The molecule has 3 rings (SSSR count). The van der Waals surface area contributed by atoms with Gasteiger partial charge in [0.25, 0.3) is 0 Å². The summed E-state index contributed by atoms with van der Waals surface area (Å²) in [5.74, 6) is 0.879. The lowest BCUT2D eigenvalue weighted by atomic mass is 10.3. The molecule has 0 bridgehead atoms. The Labute approximate surface area is 97.5 Å². The summed E-state index contributed by atoms with van der Waals surface area (Å²) in [5.41, 5.74) is 2.33. The molecular weight excluding hydrogens is 216 g/mol. The molecule has 3 heterocycles. The van der Waals surface area contributed by atoms with Crippen molar-refractivity contribution in [2.24, 2.45) is 0 Å². The van der Waals surface area contributed by atoms with Gasteiger partial charge in [0.2, 0.25) is 0 Å². The van der Waals surface area contributed by atoms with Crippen LogP contribution >= 0.6 is 0 Å². The lowest BCUT2D eigenvalue weighted by Crippen LogP contribution is -1.85. The molecule has 84 valence electrons. The van der Waals surface area contributed by atoms with E-state index in [0.717, 1.165) is 23.4 Å². The second-order valence-electron chi connectivity index (χ2n) is 3.83. The van der Waals surface area contributed by atoms with Gasteiger partial charge in [0.05, 0.1) is 12.0 Å². The molecule has 0 aliphatic rings. The highest BCUT2D eigenvalue weighted by Gasteiger charge is 2.05. The average Bonchev–Trinajstić information content (AvgIpc) is 2.96. The molecule has 0 atom stereocenters. The number of hydrogen-bond donors (Lipinski definition) is 0. The third-order valence-corrected chi connectivity index (χ3v) is 2.61. The minimum absolute atomic E-state index is 0.632. The molecule has 0 saturated heterocycles. The second-order valence-corrected chi connectivity index (χ2v) is 3.83. The number of furan rings is 1. The predicted octanol–water partition coefficient (Wildman–Crippen LogP) is 2.33. The largest absolute Gasteiger partial charge is 0.469 e. The first-order chi connectivity index (χ1) is 8.35. The van der Waals surface area contributed by atoms with E-state index in [1.165, 1.54) is 0 Å². The maximum Gasteiger partial charge on any atom is 0.150 e. The molecule has 4 nitrogen and oxygen atoms in total. The SMILES string of the molecule is O=Cc1ccn2cc(Cc3ccco3)nc2c1. The number of imidazole rings is 1. The van der Waals surface area contributed by atoms with E-state index in [-0.39, 0.29) is 0 Å². The van der Waals surface area contributed by atoms with E-state index in [9.17, 15) is 4.79 Å². The Morgan fingerprint density at radius 3 is 3.12 bits per heavy atom. The summed E-state index contributed by atoms with van der Waals surface area (Å²) in [7, 11) is 0. The highest BCUT2D eigenvalue weighted by Crippen LogP contribution is 2.11. The van der Waals surface area contributed by atoms with Crippen LogP contribution in [0.2, 0.25) is 0 Å². The van der Waals surface area contributed by atoms with Gasteiger partial charge in [-0.2, -0.15) is 0 Å². The van der Waals surface area contributed by atoms with Crippen LogP contribution in [0.25, 0.3) is 5.65 Å². The minimum atomic E-state index is 0.632. The van der Waals surface area contributed by atoms with E-state index in [1.54, 1.807) is 18.4 Å². The maximum absolute atomic E-state index is 10.7. The van der Waals surface area contributed by atoms with Crippen LogP contribution < -0.4 is 0 Å². The van der Waals surface area contributed by atoms with Crippen molar-refractivity contribution >= 4 is 11.9 Å². The van der Waals surface area contributed by atoms with Crippen molar-refractivity contribution in [1.29, 1.82) is 0 Å². The number of aromatic nitrogens is 2. The van der Waals surface area contributed by atoms with Crippen molar-refractivity contribution in [3.63, 3.8) is 0 Å². The van der Waals surface area contributed by atoms with Crippen molar-refractivity contribution in [1.82, 2.24) is 9.38 Å². The normalized spacial score (nSPS) is 10.8. The van der Waals surface area contributed by atoms with Crippen molar-refractivity contribution in [2.45, 2.75) is 6.42 Å². The van der Waals surface area contributed by atoms with Crippen LogP contribution in [0.1, 0.15) is 21.8 Å². The Hall–Kier alpha value is -2.36. The van der Waals surface area contributed by atoms with Gasteiger partial charge in [0.1, 0.15) is 17.7 Å². The van der Waals surface area contributed by atoms with Crippen LogP contribution in [-0.2, 0) is 6.42 Å². The molecule has 0 spiro atoms. The van der Waals surface area contributed by atoms with Gasteiger partial charge in [0, 0.05) is 24.4 Å². The van der Waals surface area contributed by atoms with Gasteiger partial charge in [-0.1, -0.05) is 0 Å². The summed E-state index contributed by atoms with van der Waals surface area (Å²) in [6.07, 6.45) is 6.89. The average molecular weight is 226 g/mol. The van der Waals surface area contributed by atoms with E-state index < -0.39 is 0 Å². The van der Waals surface area contributed by atoms with Gasteiger partial charge in [-0.15, -0.1) is 0 Å². The summed E-state index contributed by atoms with van der Waals surface area (Å²) in [4.78, 5) is 15.1. The molecule has 3 aromatic rings. The zero-order valence-electron chi connectivity index (χ0n) is 9.04. The Morgan fingerprint density at radius 1 is 1.41 bits per heavy atom. The van der Waals surface area contributed by atoms with Gasteiger partial charge in [-0.25, -0.2) is 4.98 Å². The van der Waals surface area contributed by atoms with Gasteiger partial charge < -0.3 is 8.82 Å². The predicted molar refractivity (Wildman–Crippen MR) is 62.1 cm³/mol. The second kappa shape index (κ2) is 3.90. The molecule has 0 saturated carbocycles. The molecule has 0 aliphatic heterocycles. The highest BCUT2D eigenvalue weighted by atomic mass is 16.3. The smallest absolute Gasteiger partial charge is 0.150 e. The Balaban J connectivity index is 1.98. The fraction of sp³-hybridized carbons (Fsp3) is 0.0769. The highest BCUT2D eigenvalue weighted by molar-refractivity contribution is 5.76. The molecular formula is C13H10N2O2. The maximum atomic E-state index is 10.7. The van der Waals surface area contributed by atoms with Crippen LogP contribution in [0.5, 0.6) is 0 Å². The summed E-state index contributed by atoms with van der Waals surface area (Å²) in [6, 6.07) is 7.30. The summed E-state index contributed by atoms with van der Waals surface area (Å²) in [5, 5.41) is 0. The number of pyridine rings is 1. The molecule has 0 radical (unpaired) electrons. The number of aldehydes is 1. The molecule has 0 N–H and O–H groups in total. The molecule has 0 amide bonds. The molecule has 0 unspecified atom stereocenters. The minimum Gasteiger partial charge on any atom is -0.469 e. The zero-order valence-corrected chi connectivity index (χ0v) is 9.04. The van der Waals surface area contributed by atoms with Crippen LogP contribution in [-0.4, -0.2) is 15.7 Å². The van der Waals surface area contributed by atoms with Crippen LogP contribution in [0.4, 0.5) is 0 Å². The van der Waals surface area contributed by atoms with Crippen molar-refractivity contribution in [3.05, 3.63) is 59.9 Å². The standard InChI is InChI=1S/C13H10N2O2/c16-9-10-3-4-15-8-11(14-13(15)6-10)7-12-2-1-5-17-12/h1-6,8-9H,7H2.